The Morgan fingerprint density at radius 2 is 1.84 bits per heavy atom. The molecule has 1 saturated heterocycles. The molecule has 1 heterocycles. The number of urea groups is 1. The maximum Gasteiger partial charge on any atom is 0.312 e. The van der Waals surface area contributed by atoms with E-state index in [9.17, 15) is 4.79 Å². The Bertz CT molecular complexity index is 301. The van der Waals surface area contributed by atoms with Crippen LogP contribution in [0.25, 0.3) is 0 Å². The fraction of sp³-hybridized carbons (Fsp3) is 0.923. The summed E-state index contributed by atoms with van der Waals surface area (Å²) in [5, 5.41) is 2.88. The Morgan fingerprint density at radius 3 is 2.26 bits per heavy atom. The molecule has 6 nitrogen and oxygen atoms in total. The zero-order chi connectivity index (χ0) is 14.5. The lowest BCUT2D eigenvalue weighted by atomic mass is 9.74. The highest BCUT2D eigenvalue weighted by molar-refractivity contribution is 5.73. The SMILES string of the molecule is CCC(N)(CC)C(C)(CN1CCOCC1)NC(N)=O. The molecule has 1 unspecified atom stereocenters. The lowest BCUT2D eigenvalue weighted by Crippen LogP contribution is -2.71. The molecule has 112 valence electrons. The molecule has 0 aromatic rings. The van der Waals surface area contributed by atoms with E-state index < -0.39 is 17.1 Å². The third-order valence-electron chi connectivity index (χ3n) is 4.40. The number of primary amides is 1. The van der Waals surface area contributed by atoms with Gasteiger partial charge in [0.05, 0.1) is 18.8 Å². The minimum Gasteiger partial charge on any atom is -0.379 e. The van der Waals surface area contributed by atoms with Crippen LogP contribution in [0.15, 0.2) is 0 Å². The van der Waals surface area contributed by atoms with Crippen molar-refractivity contribution in [3.63, 3.8) is 0 Å². The maximum absolute atomic E-state index is 11.3. The van der Waals surface area contributed by atoms with Crippen LogP contribution >= 0.6 is 0 Å². The number of rotatable bonds is 6. The third kappa shape index (κ3) is 3.81. The van der Waals surface area contributed by atoms with Gasteiger partial charge in [0.15, 0.2) is 0 Å². The van der Waals surface area contributed by atoms with E-state index in [4.69, 9.17) is 16.2 Å². The molecule has 6 heteroatoms. The van der Waals surface area contributed by atoms with Crippen molar-refractivity contribution in [1.29, 1.82) is 0 Å². The van der Waals surface area contributed by atoms with Gasteiger partial charge < -0.3 is 21.5 Å². The van der Waals surface area contributed by atoms with E-state index in [1.807, 2.05) is 20.8 Å². The molecule has 1 aliphatic rings. The molecule has 19 heavy (non-hydrogen) atoms. The Kier molecular flexibility index (Phi) is 5.58. The molecule has 0 aliphatic carbocycles. The maximum atomic E-state index is 11.3. The number of morpholine rings is 1. The van der Waals surface area contributed by atoms with Crippen molar-refractivity contribution in [3.05, 3.63) is 0 Å². The second-order valence-electron chi connectivity index (χ2n) is 5.57. The van der Waals surface area contributed by atoms with E-state index in [0.717, 1.165) is 39.1 Å². The van der Waals surface area contributed by atoms with Crippen molar-refractivity contribution in [2.75, 3.05) is 32.8 Å². The second kappa shape index (κ2) is 6.54. The molecule has 0 radical (unpaired) electrons. The quantitative estimate of drug-likeness (QED) is 0.646. The van der Waals surface area contributed by atoms with Crippen molar-refractivity contribution in [1.82, 2.24) is 10.2 Å². The van der Waals surface area contributed by atoms with Crippen LogP contribution in [-0.4, -0.2) is 54.9 Å². The molecule has 5 N–H and O–H groups in total. The van der Waals surface area contributed by atoms with Crippen LogP contribution in [0.2, 0.25) is 0 Å². The molecule has 2 amide bonds. The minimum atomic E-state index is -0.542. The van der Waals surface area contributed by atoms with Crippen LogP contribution in [0.4, 0.5) is 4.79 Å². The number of nitrogens with one attached hydrogen (secondary N) is 1. The molecule has 1 rings (SSSR count). The van der Waals surface area contributed by atoms with E-state index in [0.29, 0.717) is 6.54 Å². The highest BCUT2D eigenvalue weighted by atomic mass is 16.5. The summed E-state index contributed by atoms with van der Waals surface area (Å²) in [6, 6.07) is -0.521. The number of ether oxygens (including phenoxy) is 1. The predicted molar refractivity (Wildman–Crippen MR) is 75.9 cm³/mol. The standard InChI is InChI=1S/C13H28N4O2/c1-4-13(15,5-2)12(3,16-11(14)18)10-17-6-8-19-9-7-17/h4-10,15H2,1-3H3,(H3,14,16,18). The van der Waals surface area contributed by atoms with Gasteiger partial charge in [-0.15, -0.1) is 0 Å². The number of carbonyl (C=O) groups excluding carboxylic acids is 1. The molecule has 0 bridgehead atoms. The number of amides is 2. The van der Waals surface area contributed by atoms with Gasteiger partial charge in [-0.3, -0.25) is 4.90 Å². The van der Waals surface area contributed by atoms with Gasteiger partial charge in [0.1, 0.15) is 0 Å². The third-order valence-corrected chi connectivity index (χ3v) is 4.40. The highest BCUT2D eigenvalue weighted by Crippen LogP contribution is 2.28. The van der Waals surface area contributed by atoms with Crippen LogP contribution in [0.3, 0.4) is 0 Å². The van der Waals surface area contributed by atoms with Crippen LogP contribution in [0.5, 0.6) is 0 Å². The van der Waals surface area contributed by atoms with Gasteiger partial charge in [0.2, 0.25) is 0 Å². The summed E-state index contributed by atoms with van der Waals surface area (Å²) in [4.78, 5) is 13.6. The number of nitrogens with zero attached hydrogens (tertiary/aromatic N) is 1. The molecular formula is C13H28N4O2. The Balaban J connectivity index is 2.87. The molecule has 0 spiro atoms. The summed E-state index contributed by atoms with van der Waals surface area (Å²) in [6.07, 6.45) is 1.56. The van der Waals surface area contributed by atoms with Crippen LogP contribution in [0, 0.1) is 0 Å². The van der Waals surface area contributed by atoms with E-state index in [-0.39, 0.29) is 0 Å². The molecule has 1 fully saturated rings. The van der Waals surface area contributed by atoms with Crippen LogP contribution in [0.1, 0.15) is 33.6 Å². The minimum absolute atomic E-state index is 0.472. The lowest BCUT2D eigenvalue weighted by Gasteiger charge is -2.48. The van der Waals surface area contributed by atoms with Gasteiger partial charge in [-0.25, -0.2) is 4.79 Å². The molecule has 0 saturated carbocycles. The van der Waals surface area contributed by atoms with Crippen LogP contribution < -0.4 is 16.8 Å². The highest BCUT2D eigenvalue weighted by Gasteiger charge is 2.44. The first-order valence-corrected chi connectivity index (χ1v) is 7.03. The van der Waals surface area contributed by atoms with Gasteiger partial charge in [0.25, 0.3) is 0 Å². The van der Waals surface area contributed by atoms with E-state index >= 15 is 0 Å². The molecule has 0 aromatic heterocycles. The second-order valence-corrected chi connectivity index (χ2v) is 5.57. The molecular weight excluding hydrogens is 244 g/mol. The van der Waals surface area contributed by atoms with Crippen molar-refractivity contribution >= 4 is 6.03 Å². The molecule has 0 aromatic carbocycles. The van der Waals surface area contributed by atoms with Gasteiger partial charge in [-0.2, -0.15) is 0 Å². The van der Waals surface area contributed by atoms with Crippen LogP contribution in [-0.2, 0) is 4.74 Å². The summed E-state index contributed by atoms with van der Waals surface area (Å²) in [5.41, 5.74) is 10.8. The van der Waals surface area contributed by atoms with Gasteiger partial charge in [-0.1, -0.05) is 13.8 Å². The average molecular weight is 272 g/mol. The normalized spacial score (nSPS) is 20.8. The lowest BCUT2D eigenvalue weighted by molar-refractivity contribution is 0.0147. The first-order valence-electron chi connectivity index (χ1n) is 7.03. The largest absolute Gasteiger partial charge is 0.379 e. The van der Waals surface area contributed by atoms with Crippen molar-refractivity contribution in [3.8, 4) is 0 Å². The summed E-state index contributed by atoms with van der Waals surface area (Å²) in [6.45, 7) is 9.94. The van der Waals surface area contributed by atoms with Crippen molar-refractivity contribution in [2.24, 2.45) is 11.5 Å². The predicted octanol–water partition coefficient (Wildman–Crippen LogP) is 0.263. The van der Waals surface area contributed by atoms with E-state index in [2.05, 4.69) is 10.2 Å². The first-order chi connectivity index (χ1) is 8.87. The monoisotopic (exact) mass is 272 g/mol. The zero-order valence-electron chi connectivity index (χ0n) is 12.4. The van der Waals surface area contributed by atoms with E-state index in [1.165, 1.54) is 0 Å². The van der Waals surface area contributed by atoms with Crippen molar-refractivity contribution < 1.29 is 9.53 Å². The summed E-state index contributed by atoms with van der Waals surface area (Å²) < 4.78 is 5.35. The van der Waals surface area contributed by atoms with Crippen molar-refractivity contribution in [2.45, 2.75) is 44.7 Å². The fourth-order valence-electron chi connectivity index (χ4n) is 2.83. The number of nitrogens with two attached hydrogens (primary N) is 2. The molecule has 1 atom stereocenters. The Labute approximate surface area is 115 Å². The molecule has 1 aliphatic heterocycles. The smallest absolute Gasteiger partial charge is 0.312 e. The average Bonchev–Trinajstić information content (AvgIpc) is 2.37. The Morgan fingerprint density at radius 1 is 1.32 bits per heavy atom. The zero-order valence-corrected chi connectivity index (χ0v) is 12.4. The summed E-state index contributed by atoms with van der Waals surface area (Å²) in [7, 11) is 0. The Hall–Kier alpha value is -0.850. The summed E-state index contributed by atoms with van der Waals surface area (Å²) in [5.74, 6) is 0. The number of carbonyl (C=O) groups is 1. The fourth-order valence-corrected chi connectivity index (χ4v) is 2.83. The van der Waals surface area contributed by atoms with Gasteiger partial charge in [-0.05, 0) is 19.8 Å². The number of hydrogen-bond acceptors (Lipinski definition) is 4. The first kappa shape index (κ1) is 16.2. The van der Waals surface area contributed by atoms with Gasteiger partial charge in [0, 0.05) is 25.2 Å². The number of hydrogen-bond donors (Lipinski definition) is 3. The van der Waals surface area contributed by atoms with Gasteiger partial charge >= 0.3 is 6.03 Å². The topological polar surface area (TPSA) is 93.6 Å². The van der Waals surface area contributed by atoms with E-state index in [1.54, 1.807) is 0 Å². The summed E-state index contributed by atoms with van der Waals surface area (Å²) >= 11 is 0.